The van der Waals surface area contributed by atoms with E-state index in [0.29, 0.717) is 13.1 Å². The van der Waals surface area contributed by atoms with Crippen molar-refractivity contribution in [2.24, 2.45) is 0 Å². The Kier molecular flexibility index (Phi) is 6.28. The van der Waals surface area contributed by atoms with Crippen molar-refractivity contribution in [3.63, 3.8) is 0 Å². The van der Waals surface area contributed by atoms with Crippen LogP contribution in [0.25, 0.3) is 0 Å². The minimum absolute atomic E-state index is 0.324. The zero-order chi connectivity index (χ0) is 12.0. The maximum Gasteiger partial charge on any atom is 0.0639 e. The first-order chi connectivity index (χ1) is 7.58. The van der Waals surface area contributed by atoms with E-state index >= 15 is 0 Å². The molecule has 0 saturated heterocycles. The van der Waals surface area contributed by atoms with Crippen LogP contribution < -0.4 is 5.32 Å². The number of aliphatic hydroxyl groups is 2. The fourth-order valence-electron chi connectivity index (χ4n) is 1.90. The monoisotopic (exact) mass is 230 g/mol. The molecular weight excluding hydrogens is 204 g/mol. The van der Waals surface area contributed by atoms with Gasteiger partial charge in [-0.15, -0.1) is 0 Å². The molecule has 4 nitrogen and oxygen atoms in total. The summed E-state index contributed by atoms with van der Waals surface area (Å²) in [6.07, 6.45) is 3.08. The third-order valence-corrected chi connectivity index (χ3v) is 2.71. The van der Waals surface area contributed by atoms with Crippen LogP contribution in [0.15, 0.2) is 0 Å². The van der Waals surface area contributed by atoms with Crippen LogP contribution in [0, 0.1) is 0 Å². The fourth-order valence-corrected chi connectivity index (χ4v) is 1.90. The summed E-state index contributed by atoms with van der Waals surface area (Å²) in [6, 6.07) is 0.766. The molecule has 1 rings (SSSR count). The molecule has 1 saturated carbocycles. The summed E-state index contributed by atoms with van der Waals surface area (Å²) in [4.78, 5) is 2.13. The molecule has 2 atom stereocenters. The second-order valence-electron chi connectivity index (χ2n) is 5.04. The van der Waals surface area contributed by atoms with E-state index in [0.717, 1.165) is 25.6 Å². The lowest BCUT2D eigenvalue weighted by Crippen LogP contribution is -2.38. The van der Waals surface area contributed by atoms with Crippen molar-refractivity contribution in [1.82, 2.24) is 10.2 Å². The third kappa shape index (κ3) is 7.17. The Balaban J connectivity index is 2.08. The maximum atomic E-state index is 9.35. The van der Waals surface area contributed by atoms with Crippen molar-refractivity contribution >= 4 is 0 Å². The van der Waals surface area contributed by atoms with Gasteiger partial charge < -0.3 is 15.5 Å². The first-order valence-electron chi connectivity index (χ1n) is 6.40. The molecular formula is C12H26N2O2. The Hall–Kier alpha value is -0.160. The molecule has 1 aliphatic rings. The lowest BCUT2D eigenvalue weighted by Gasteiger charge is -2.25. The second-order valence-corrected chi connectivity index (χ2v) is 5.04. The van der Waals surface area contributed by atoms with E-state index in [1.165, 1.54) is 12.8 Å². The quantitative estimate of drug-likeness (QED) is 0.495. The van der Waals surface area contributed by atoms with E-state index in [-0.39, 0.29) is 12.2 Å². The number of rotatable bonds is 9. The Morgan fingerprint density at radius 2 is 1.75 bits per heavy atom. The Bertz CT molecular complexity index is 172. The SMILES string of the molecule is CC(O)CN(CCCNC1CC1)CC(C)O. The van der Waals surface area contributed by atoms with Gasteiger partial charge in [-0.3, -0.25) is 4.90 Å². The van der Waals surface area contributed by atoms with E-state index in [1.807, 2.05) is 0 Å². The molecule has 0 aliphatic heterocycles. The number of hydrogen-bond donors (Lipinski definition) is 3. The molecule has 0 aromatic rings. The molecule has 1 fully saturated rings. The molecule has 96 valence electrons. The van der Waals surface area contributed by atoms with Crippen LogP contribution in [-0.2, 0) is 0 Å². The highest BCUT2D eigenvalue weighted by molar-refractivity contribution is 4.80. The molecule has 0 bridgehead atoms. The summed E-state index contributed by atoms with van der Waals surface area (Å²) in [6.45, 7) is 6.86. The van der Waals surface area contributed by atoms with E-state index in [2.05, 4.69) is 10.2 Å². The predicted molar refractivity (Wildman–Crippen MR) is 65.4 cm³/mol. The van der Waals surface area contributed by atoms with E-state index in [4.69, 9.17) is 0 Å². The zero-order valence-electron chi connectivity index (χ0n) is 10.5. The van der Waals surface area contributed by atoms with Gasteiger partial charge in [-0.1, -0.05) is 0 Å². The average molecular weight is 230 g/mol. The summed E-state index contributed by atoms with van der Waals surface area (Å²) in [5.41, 5.74) is 0. The van der Waals surface area contributed by atoms with Crippen LogP contribution >= 0.6 is 0 Å². The van der Waals surface area contributed by atoms with Crippen molar-refractivity contribution in [2.45, 2.75) is 51.4 Å². The Labute approximate surface area is 98.6 Å². The number of nitrogens with zero attached hydrogens (tertiary/aromatic N) is 1. The van der Waals surface area contributed by atoms with Crippen molar-refractivity contribution in [3.8, 4) is 0 Å². The smallest absolute Gasteiger partial charge is 0.0639 e. The number of nitrogens with one attached hydrogen (secondary N) is 1. The van der Waals surface area contributed by atoms with Crippen LogP contribution in [0.3, 0.4) is 0 Å². The normalized spacial score (nSPS) is 20.1. The van der Waals surface area contributed by atoms with E-state index < -0.39 is 0 Å². The third-order valence-electron chi connectivity index (χ3n) is 2.71. The number of aliphatic hydroxyl groups excluding tert-OH is 2. The fraction of sp³-hybridized carbons (Fsp3) is 1.00. The highest BCUT2D eigenvalue weighted by Gasteiger charge is 2.19. The molecule has 0 aromatic heterocycles. The zero-order valence-corrected chi connectivity index (χ0v) is 10.5. The largest absolute Gasteiger partial charge is 0.392 e. The summed E-state index contributed by atoms with van der Waals surface area (Å²) < 4.78 is 0. The second kappa shape index (κ2) is 7.22. The average Bonchev–Trinajstić information content (AvgIpc) is 2.93. The molecule has 0 heterocycles. The molecule has 4 heteroatoms. The molecule has 0 radical (unpaired) electrons. The van der Waals surface area contributed by atoms with Gasteiger partial charge in [-0.2, -0.15) is 0 Å². The van der Waals surface area contributed by atoms with E-state index in [1.54, 1.807) is 13.8 Å². The molecule has 16 heavy (non-hydrogen) atoms. The van der Waals surface area contributed by atoms with Crippen molar-refractivity contribution in [3.05, 3.63) is 0 Å². The van der Waals surface area contributed by atoms with Gasteiger partial charge in [0, 0.05) is 19.1 Å². The molecule has 0 spiro atoms. The highest BCUT2D eigenvalue weighted by Crippen LogP contribution is 2.18. The maximum absolute atomic E-state index is 9.35. The van der Waals surface area contributed by atoms with Gasteiger partial charge in [0.1, 0.15) is 0 Å². The van der Waals surface area contributed by atoms with Crippen LogP contribution in [0.5, 0.6) is 0 Å². The molecule has 2 unspecified atom stereocenters. The Morgan fingerprint density at radius 3 is 2.19 bits per heavy atom. The van der Waals surface area contributed by atoms with Gasteiger partial charge in [0.25, 0.3) is 0 Å². The highest BCUT2D eigenvalue weighted by atomic mass is 16.3. The minimum Gasteiger partial charge on any atom is -0.392 e. The molecule has 1 aliphatic carbocycles. The van der Waals surface area contributed by atoms with Gasteiger partial charge >= 0.3 is 0 Å². The lowest BCUT2D eigenvalue weighted by molar-refractivity contribution is 0.0829. The first kappa shape index (κ1) is 13.9. The Morgan fingerprint density at radius 1 is 1.19 bits per heavy atom. The van der Waals surface area contributed by atoms with Gasteiger partial charge in [0.2, 0.25) is 0 Å². The summed E-state index contributed by atoms with van der Waals surface area (Å²) in [7, 11) is 0. The first-order valence-corrected chi connectivity index (χ1v) is 6.40. The van der Waals surface area contributed by atoms with Crippen molar-refractivity contribution in [1.29, 1.82) is 0 Å². The standard InChI is InChI=1S/C12H26N2O2/c1-10(15)8-14(9-11(2)16)7-3-6-13-12-4-5-12/h10-13,15-16H,3-9H2,1-2H3. The van der Waals surface area contributed by atoms with Crippen LogP contribution in [-0.4, -0.2) is 59.5 Å². The molecule has 0 aromatic carbocycles. The summed E-state index contributed by atoms with van der Waals surface area (Å²) in [5.74, 6) is 0. The summed E-state index contributed by atoms with van der Waals surface area (Å²) in [5, 5.41) is 22.2. The predicted octanol–water partition coefficient (Wildman–Crippen LogP) is 0.192. The number of hydrogen-bond acceptors (Lipinski definition) is 4. The lowest BCUT2D eigenvalue weighted by atomic mass is 10.2. The van der Waals surface area contributed by atoms with Gasteiger partial charge in [0.05, 0.1) is 12.2 Å². The topological polar surface area (TPSA) is 55.7 Å². The molecule has 0 amide bonds. The van der Waals surface area contributed by atoms with E-state index in [9.17, 15) is 10.2 Å². The van der Waals surface area contributed by atoms with Crippen molar-refractivity contribution < 1.29 is 10.2 Å². The van der Waals surface area contributed by atoms with Crippen LogP contribution in [0.2, 0.25) is 0 Å². The molecule has 3 N–H and O–H groups in total. The minimum atomic E-state index is -0.324. The van der Waals surface area contributed by atoms with Gasteiger partial charge in [-0.25, -0.2) is 0 Å². The summed E-state index contributed by atoms with van der Waals surface area (Å²) >= 11 is 0. The van der Waals surface area contributed by atoms with Gasteiger partial charge in [-0.05, 0) is 46.2 Å². The van der Waals surface area contributed by atoms with Crippen LogP contribution in [0.4, 0.5) is 0 Å². The van der Waals surface area contributed by atoms with Crippen molar-refractivity contribution in [2.75, 3.05) is 26.2 Å². The van der Waals surface area contributed by atoms with Crippen LogP contribution in [0.1, 0.15) is 33.1 Å². The van der Waals surface area contributed by atoms with Gasteiger partial charge in [0.15, 0.2) is 0 Å².